The van der Waals surface area contributed by atoms with Gasteiger partial charge in [0, 0.05) is 61.7 Å². The van der Waals surface area contributed by atoms with Gasteiger partial charge in [-0.3, -0.25) is 23.6 Å². The summed E-state index contributed by atoms with van der Waals surface area (Å²) >= 11 is 5.96. The zero-order valence-corrected chi connectivity index (χ0v) is 19.7. The van der Waals surface area contributed by atoms with E-state index in [2.05, 4.69) is 5.10 Å². The second-order valence-corrected chi connectivity index (χ2v) is 9.09. The van der Waals surface area contributed by atoms with Crippen molar-refractivity contribution in [2.24, 2.45) is 21.1 Å². The van der Waals surface area contributed by atoms with Gasteiger partial charge in [0.05, 0.1) is 28.9 Å². The number of benzene rings is 1. The van der Waals surface area contributed by atoms with E-state index in [1.54, 1.807) is 30.1 Å². The van der Waals surface area contributed by atoms with Crippen LogP contribution in [0.5, 0.6) is 0 Å². The van der Waals surface area contributed by atoms with E-state index >= 15 is 4.39 Å². The predicted molar refractivity (Wildman–Crippen MR) is 127 cm³/mol. The quantitative estimate of drug-likeness (QED) is 0.445. The zero-order chi connectivity index (χ0) is 24.1. The Kier molecular flexibility index (Phi) is 5.61. The van der Waals surface area contributed by atoms with Crippen molar-refractivity contribution in [3.63, 3.8) is 0 Å². The summed E-state index contributed by atoms with van der Waals surface area (Å²) in [7, 11) is 4.83. The summed E-state index contributed by atoms with van der Waals surface area (Å²) in [6, 6.07) is 6.01. The number of pyridine rings is 1. The van der Waals surface area contributed by atoms with Crippen LogP contribution in [-0.2, 0) is 25.9 Å². The van der Waals surface area contributed by atoms with Gasteiger partial charge < -0.3 is 4.74 Å². The number of aromatic nitrogens is 5. The summed E-state index contributed by atoms with van der Waals surface area (Å²) in [5.41, 5.74) is 1.37. The molecule has 1 fully saturated rings. The van der Waals surface area contributed by atoms with Crippen molar-refractivity contribution in [2.75, 3.05) is 6.61 Å². The lowest BCUT2D eigenvalue weighted by Gasteiger charge is -2.29. The van der Waals surface area contributed by atoms with E-state index in [4.69, 9.17) is 21.3 Å². The summed E-state index contributed by atoms with van der Waals surface area (Å²) in [5.74, 6) is -0.605. The molecule has 4 heterocycles. The lowest BCUT2D eigenvalue weighted by molar-refractivity contribution is 0.00464. The molecule has 0 aliphatic carbocycles. The van der Waals surface area contributed by atoms with Crippen LogP contribution in [0.25, 0.3) is 22.2 Å². The Bertz CT molecular complexity index is 1540. The molecular weight excluding hydrogens is 461 g/mol. The summed E-state index contributed by atoms with van der Waals surface area (Å²) in [5, 5.41) is 4.79. The molecule has 0 bridgehead atoms. The van der Waals surface area contributed by atoms with E-state index in [0.29, 0.717) is 30.5 Å². The Labute approximate surface area is 199 Å². The number of aryl methyl sites for hydroxylation is 2. The third-order valence-electron chi connectivity index (χ3n) is 6.44. The van der Waals surface area contributed by atoms with Crippen LogP contribution in [0.15, 0.2) is 46.2 Å². The SMILES string of the molecule is Cn1cc([C@H]2C[C@@H](c3cc4c(=O)n(C)c(=O)n(C)c4c(-c4ccc(Cl)cc4F)n3)CCO2)cn1. The molecule has 10 heteroatoms. The Hall–Kier alpha value is -3.30. The molecule has 0 amide bonds. The fourth-order valence-corrected chi connectivity index (χ4v) is 4.79. The third kappa shape index (κ3) is 3.74. The van der Waals surface area contributed by atoms with Gasteiger partial charge in [-0.15, -0.1) is 0 Å². The smallest absolute Gasteiger partial charge is 0.331 e. The number of rotatable bonds is 3. The van der Waals surface area contributed by atoms with Crippen molar-refractivity contribution in [1.82, 2.24) is 23.9 Å². The molecule has 1 aromatic carbocycles. The predicted octanol–water partition coefficient (Wildman–Crippen LogP) is 3.46. The van der Waals surface area contributed by atoms with E-state index < -0.39 is 17.1 Å². The molecule has 5 rings (SSSR count). The highest BCUT2D eigenvalue weighted by Crippen LogP contribution is 2.39. The number of nitrogens with zero attached hydrogens (tertiary/aromatic N) is 5. The monoisotopic (exact) mass is 483 g/mol. The maximum Gasteiger partial charge on any atom is 0.331 e. The summed E-state index contributed by atoms with van der Waals surface area (Å²) < 4.78 is 25.1. The summed E-state index contributed by atoms with van der Waals surface area (Å²) in [6.07, 6.45) is 4.87. The van der Waals surface area contributed by atoms with E-state index in [1.807, 2.05) is 13.2 Å². The van der Waals surface area contributed by atoms with Crippen LogP contribution in [-0.4, -0.2) is 30.5 Å². The number of halogens is 2. The van der Waals surface area contributed by atoms with Crippen LogP contribution in [0.1, 0.15) is 36.1 Å². The summed E-state index contributed by atoms with van der Waals surface area (Å²) in [4.78, 5) is 30.6. The molecule has 4 aromatic rings. The van der Waals surface area contributed by atoms with Gasteiger partial charge in [0.1, 0.15) is 5.82 Å². The normalized spacial score (nSPS) is 18.5. The van der Waals surface area contributed by atoms with E-state index in [-0.39, 0.29) is 33.8 Å². The van der Waals surface area contributed by atoms with Crippen LogP contribution in [0.2, 0.25) is 5.02 Å². The van der Waals surface area contributed by atoms with Crippen LogP contribution in [0.3, 0.4) is 0 Å². The Balaban J connectivity index is 1.72. The standard InChI is InChI=1S/C24H23ClFN5O3/c1-29-12-14(11-27-29)20-8-13(6-7-34-20)19-10-17-22(30(2)24(33)31(3)23(17)32)21(28-19)16-5-4-15(25)9-18(16)26/h4-5,9-13,20H,6-8H2,1-3H3/t13-,20+/m0/s1. The summed E-state index contributed by atoms with van der Waals surface area (Å²) in [6.45, 7) is 0.514. The molecule has 176 valence electrons. The number of hydrogen-bond acceptors (Lipinski definition) is 5. The van der Waals surface area contributed by atoms with E-state index in [9.17, 15) is 9.59 Å². The van der Waals surface area contributed by atoms with Gasteiger partial charge in [0.25, 0.3) is 5.56 Å². The minimum Gasteiger partial charge on any atom is -0.373 e. The average Bonchev–Trinajstić information content (AvgIpc) is 3.27. The Morgan fingerprint density at radius 3 is 2.65 bits per heavy atom. The van der Waals surface area contributed by atoms with Crippen LogP contribution >= 0.6 is 11.6 Å². The highest BCUT2D eigenvalue weighted by molar-refractivity contribution is 6.30. The number of ether oxygens (including phenoxy) is 1. The largest absolute Gasteiger partial charge is 0.373 e. The first-order valence-corrected chi connectivity index (χ1v) is 11.3. The van der Waals surface area contributed by atoms with E-state index in [1.165, 1.54) is 23.7 Å². The van der Waals surface area contributed by atoms with Crippen molar-refractivity contribution in [1.29, 1.82) is 0 Å². The highest BCUT2D eigenvalue weighted by Gasteiger charge is 2.29. The lowest BCUT2D eigenvalue weighted by atomic mass is 9.89. The number of fused-ring (bicyclic) bond motifs is 1. The first-order valence-electron chi connectivity index (χ1n) is 10.9. The van der Waals surface area contributed by atoms with Gasteiger partial charge in [0.2, 0.25) is 0 Å². The van der Waals surface area contributed by atoms with Crippen molar-refractivity contribution in [3.8, 4) is 11.3 Å². The molecule has 1 saturated heterocycles. The molecule has 0 saturated carbocycles. The molecule has 1 aliphatic heterocycles. The Morgan fingerprint density at radius 2 is 1.94 bits per heavy atom. The molecule has 2 atom stereocenters. The fraction of sp³-hybridized carbons (Fsp3) is 0.333. The molecule has 0 spiro atoms. The zero-order valence-electron chi connectivity index (χ0n) is 19.0. The molecule has 0 radical (unpaired) electrons. The molecule has 1 aliphatic rings. The molecule has 0 unspecified atom stereocenters. The van der Waals surface area contributed by atoms with Gasteiger partial charge in [-0.25, -0.2) is 9.18 Å². The Morgan fingerprint density at radius 1 is 1.15 bits per heavy atom. The molecule has 8 nitrogen and oxygen atoms in total. The van der Waals surface area contributed by atoms with Crippen molar-refractivity contribution in [3.05, 3.63) is 79.6 Å². The van der Waals surface area contributed by atoms with Crippen molar-refractivity contribution < 1.29 is 9.13 Å². The third-order valence-corrected chi connectivity index (χ3v) is 6.68. The van der Waals surface area contributed by atoms with Crippen LogP contribution in [0, 0.1) is 5.82 Å². The van der Waals surface area contributed by atoms with Gasteiger partial charge in [0.15, 0.2) is 0 Å². The van der Waals surface area contributed by atoms with E-state index in [0.717, 1.165) is 10.1 Å². The van der Waals surface area contributed by atoms with Gasteiger partial charge >= 0.3 is 5.69 Å². The topological polar surface area (TPSA) is 83.9 Å². The molecule has 34 heavy (non-hydrogen) atoms. The highest BCUT2D eigenvalue weighted by atomic mass is 35.5. The van der Waals surface area contributed by atoms with Gasteiger partial charge in [-0.2, -0.15) is 5.10 Å². The molecule has 0 N–H and O–H groups in total. The van der Waals surface area contributed by atoms with Crippen LogP contribution < -0.4 is 11.2 Å². The van der Waals surface area contributed by atoms with Gasteiger partial charge in [-0.05, 0) is 37.1 Å². The first-order chi connectivity index (χ1) is 16.2. The minimum atomic E-state index is -0.577. The van der Waals surface area contributed by atoms with Crippen LogP contribution in [0.4, 0.5) is 4.39 Å². The number of hydrogen-bond donors (Lipinski definition) is 0. The fourth-order valence-electron chi connectivity index (χ4n) is 4.63. The minimum absolute atomic E-state index is 0.0283. The second kappa shape index (κ2) is 8.48. The average molecular weight is 484 g/mol. The molecular formula is C24H23ClFN5O3. The second-order valence-electron chi connectivity index (χ2n) is 8.65. The lowest BCUT2D eigenvalue weighted by Crippen LogP contribution is -2.37. The maximum atomic E-state index is 15.0. The van der Waals surface area contributed by atoms with Crippen molar-refractivity contribution in [2.45, 2.75) is 24.9 Å². The first kappa shape index (κ1) is 22.5. The maximum absolute atomic E-state index is 15.0. The van der Waals surface area contributed by atoms with Crippen molar-refractivity contribution >= 4 is 22.5 Å². The molecule has 3 aromatic heterocycles. The van der Waals surface area contributed by atoms with Gasteiger partial charge in [-0.1, -0.05) is 11.6 Å².